The van der Waals surface area contributed by atoms with Gasteiger partial charge in [-0.3, -0.25) is 0 Å². The Morgan fingerprint density at radius 2 is 1.80 bits per heavy atom. The van der Waals surface area contributed by atoms with Crippen LogP contribution in [0.25, 0.3) is 0 Å². The molecule has 1 aliphatic carbocycles. The first-order valence-electron chi connectivity index (χ1n) is 7.48. The van der Waals surface area contributed by atoms with Crippen LogP contribution >= 0.6 is 11.6 Å². The molecule has 0 unspecified atom stereocenters. The zero-order valence-electron chi connectivity index (χ0n) is 11.7. The van der Waals surface area contributed by atoms with E-state index in [0.717, 1.165) is 50.3 Å². The lowest BCUT2D eigenvalue weighted by atomic mass is 9.96. The van der Waals surface area contributed by atoms with Crippen molar-refractivity contribution in [2.75, 3.05) is 19.6 Å². The van der Waals surface area contributed by atoms with Gasteiger partial charge in [0.2, 0.25) is 0 Å². The van der Waals surface area contributed by atoms with Gasteiger partial charge in [-0.1, -0.05) is 23.7 Å². The highest BCUT2D eigenvalue weighted by Gasteiger charge is 2.44. The van der Waals surface area contributed by atoms with E-state index in [0.29, 0.717) is 0 Å². The summed E-state index contributed by atoms with van der Waals surface area (Å²) in [5.74, 6) is 0. The Kier molecular flexibility index (Phi) is 3.88. The van der Waals surface area contributed by atoms with Crippen LogP contribution in [0.4, 0.5) is 4.79 Å². The minimum atomic E-state index is 0.102. The third kappa shape index (κ3) is 2.93. The van der Waals surface area contributed by atoms with Gasteiger partial charge in [-0.05, 0) is 49.8 Å². The molecule has 0 aromatic heterocycles. The molecule has 2 fully saturated rings. The normalized spacial score (nSPS) is 20.6. The lowest BCUT2D eigenvalue weighted by molar-refractivity contribution is 0.185. The van der Waals surface area contributed by atoms with Crippen molar-refractivity contribution >= 4 is 17.6 Å². The molecule has 0 spiro atoms. The predicted molar refractivity (Wildman–Crippen MR) is 81.2 cm³/mol. The smallest absolute Gasteiger partial charge is 0.317 e. The van der Waals surface area contributed by atoms with Crippen molar-refractivity contribution in [1.82, 2.24) is 10.2 Å². The Balaban J connectivity index is 1.57. The minimum absolute atomic E-state index is 0.102. The second kappa shape index (κ2) is 5.65. The fraction of sp³-hybridized carbons (Fsp3) is 0.562. The van der Waals surface area contributed by atoms with Crippen LogP contribution in [0.15, 0.2) is 24.3 Å². The highest BCUT2D eigenvalue weighted by Crippen LogP contribution is 2.47. The van der Waals surface area contributed by atoms with Crippen molar-refractivity contribution in [3.63, 3.8) is 0 Å². The highest BCUT2D eigenvalue weighted by molar-refractivity contribution is 6.30. The maximum absolute atomic E-state index is 12.2. The monoisotopic (exact) mass is 292 g/mol. The van der Waals surface area contributed by atoms with E-state index in [1.165, 1.54) is 12.0 Å². The van der Waals surface area contributed by atoms with Crippen LogP contribution in [-0.2, 0) is 5.41 Å². The second-order valence-corrected chi connectivity index (χ2v) is 6.43. The van der Waals surface area contributed by atoms with Gasteiger partial charge in [-0.2, -0.15) is 0 Å². The summed E-state index contributed by atoms with van der Waals surface area (Å²) < 4.78 is 0. The van der Waals surface area contributed by atoms with Gasteiger partial charge in [0, 0.05) is 30.1 Å². The average Bonchev–Trinajstić information content (AvgIpc) is 3.27. The molecule has 108 valence electrons. The fourth-order valence-electron chi connectivity index (χ4n) is 2.98. The average molecular weight is 293 g/mol. The standard InChI is InChI=1S/C16H21ClN2O/c17-14-6-4-13(5-7-14)16(8-9-16)12-18-15(20)19-10-2-1-3-11-19/h4-7H,1-3,8-12H2,(H,18,20). The van der Waals surface area contributed by atoms with Crippen LogP contribution in [0.5, 0.6) is 0 Å². The Morgan fingerprint density at radius 1 is 1.15 bits per heavy atom. The third-order valence-corrected chi connectivity index (χ3v) is 4.78. The Morgan fingerprint density at radius 3 is 2.40 bits per heavy atom. The van der Waals surface area contributed by atoms with Gasteiger partial charge in [0.1, 0.15) is 0 Å². The molecule has 3 nitrogen and oxygen atoms in total. The topological polar surface area (TPSA) is 32.3 Å². The van der Waals surface area contributed by atoms with E-state index in [1.54, 1.807) is 0 Å². The lowest BCUT2D eigenvalue weighted by Crippen LogP contribution is -2.45. The molecule has 1 aromatic carbocycles. The van der Waals surface area contributed by atoms with Crippen LogP contribution in [0.3, 0.4) is 0 Å². The molecule has 1 saturated heterocycles. The van der Waals surface area contributed by atoms with Gasteiger partial charge in [-0.15, -0.1) is 0 Å². The van der Waals surface area contributed by atoms with E-state index < -0.39 is 0 Å². The van der Waals surface area contributed by atoms with Crippen molar-refractivity contribution in [2.24, 2.45) is 0 Å². The lowest BCUT2D eigenvalue weighted by Gasteiger charge is -2.28. The highest BCUT2D eigenvalue weighted by atomic mass is 35.5. The summed E-state index contributed by atoms with van der Waals surface area (Å²) in [6.07, 6.45) is 5.81. The van der Waals surface area contributed by atoms with Gasteiger partial charge in [0.15, 0.2) is 0 Å². The van der Waals surface area contributed by atoms with E-state index >= 15 is 0 Å². The molecule has 1 saturated carbocycles. The number of piperidine rings is 1. The Labute approximate surface area is 125 Å². The van der Waals surface area contributed by atoms with Crippen molar-refractivity contribution in [1.29, 1.82) is 0 Å². The van der Waals surface area contributed by atoms with Gasteiger partial charge < -0.3 is 10.2 Å². The maximum atomic E-state index is 12.2. The molecule has 20 heavy (non-hydrogen) atoms. The number of benzene rings is 1. The summed E-state index contributed by atoms with van der Waals surface area (Å²) in [5.41, 5.74) is 1.44. The van der Waals surface area contributed by atoms with Gasteiger partial charge in [-0.25, -0.2) is 4.79 Å². The summed E-state index contributed by atoms with van der Waals surface area (Å²) >= 11 is 5.93. The number of carbonyl (C=O) groups excluding carboxylic acids is 1. The number of hydrogen-bond acceptors (Lipinski definition) is 1. The first-order valence-corrected chi connectivity index (χ1v) is 7.86. The van der Waals surface area contributed by atoms with Gasteiger partial charge in [0.25, 0.3) is 0 Å². The molecule has 0 atom stereocenters. The summed E-state index contributed by atoms with van der Waals surface area (Å²) in [6.45, 7) is 2.55. The molecular weight excluding hydrogens is 272 g/mol. The number of nitrogens with one attached hydrogen (secondary N) is 1. The van der Waals surface area contributed by atoms with E-state index in [2.05, 4.69) is 17.4 Å². The van der Waals surface area contributed by atoms with Gasteiger partial charge in [0.05, 0.1) is 0 Å². The van der Waals surface area contributed by atoms with Crippen LogP contribution in [0.1, 0.15) is 37.7 Å². The molecule has 1 heterocycles. The summed E-state index contributed by atoms with van der Waals surface area (Å²) in [5, 5.41) is 3.89. The summed E-state index contributed by atoms with van der Waals surface area (Å²) in [7, 11) is 0. The largest absolute Gasteiger partial charge is 0.337 e. The number of nitrogens with zero attached hydrogens (tertiary/aromatic N) is 1. The molecule has 2 aliphatic rings. The van der Waals surface area contributed by atoms with Crippen molar-refractivity contribution < 1.29 is 4.79 Å². The van der Waals surface area contributed by atoms with E-state index in [9.17, 15) is 4.79 Å². The first-order chi connectivity index (χ1) is 9.70. The zero-order chi connectivity index (χ0) is 14.0. The minimum Gasteiger partial charge on any atom is -0.337 e. The molecule has 1 aromatic rings. The van der Waals surface area contributed by atoms with Crippen molar-refractivity contribution in [2.45, 2.75) is 37.5 Å². The third-order valence-electron chi connectivity index (χ3n) is 4.53. The Bertz CT molecular complexity index is 476. The van der Waals surface area contributed by atoms with E-state index in [1.807, 2.05) is 17.0 Å². The summed E-state index contributed by atoms with van der Waals surface area (Å²) in [6, 6.07) is 8.14. The number of likely N-dealkylation sites (tertiary alicyclic amines) is 1. The molecular formula is C16H21ClN2O. The zero-order valence-corrected chi connectivity index (χ0v) is 12.5. The number of hydrogen-bond donors (Lipinski definition) is 1. The van der Waals surface area contributed by atoms with Crippen LogP contribution in [0, 0.1) is 0 Å². The SMILES string of the molecule is O=C(NCC1(c2ccc(Cl)cc2)CC1)N1CCCCC1. The molecule has 0 radical (unpaired) electrons. The van der Waals surface area contributed by atoms with Crippen LogP contribution < -0.4 is 5.32 Å². The van der Waals surface area contributed by atoms with Crippen molar-refractivity contribution in [3.05, 3.63) is 34.9 Å². The number of urea groups is 1. The second-order valence-electron chi connectivity index (χ2n) is 5.99. The number of carbonyl (C=O) groups is 1. The number of rotatable bonds is 3. The molecule has 0 bridgehead atoms. The molecule has 4 heteroatoms. The van der Waals surface area contributed by atoms with Crippen molar-refractivity contribution in [3.8, 4) is 0 Å². The molecule has 1 aliphatic heterocycles. The quantitative estimate of drug-likeness (QED) is 0.907. The van der Waals surface area contributed by atoms with E-state index in [4.69, 9.17) is 11.6 Å². The first kappa shape index (κ1) is 13.7. The molecule has 2 amide bonds. The number of halogens is 1. The Hall–Kier alpha value is -1.22. The predicted octanol–water partition coefficient (Wildman–Crippen LogP) is 3.57. The van der Waals surface area contributed by atoms with Crippen LogP contribution in [-0.4, -0.2) is 30.6 Å². The van der Waals surface area contributed by atoms with Gasteiger partial charge >= 0.3 is 6.03 Å². The fourth-order valence-corrected chi connectivity index (χ4v) is 3.10. The molecule has 3 rings (SSSR count). The number of amides is 2. The molecule has 1 N–H and O–H groups in total. The maximum Gasteiger partial charge on any atom is 0.317 e. The van der Waals surface area contributed by atoms with E-state index in [-0.39, 0.29) is 11.4 Å². The van der Waals surface area contributed by atoms with Crippen LogP contribution in [0.2, 0.25) is 5.02 Å². The summed E-state index contributed by atoms with van der Waals surface area (Å²) in [4.78, 5) is 14.1.